The third-order valence-electron chi connectivity index (χ3n) is 2.37. The molecule has 86 valence electrons. The summed E-state index contributed by atoms with van der Waals surface area (Å²) in [6.45, 7) is 0. The van der Waals surface area contributed by atoms with Crippen molar-refractivity contribution in [3.8, 4) is 5.75 Å². The van der Waals surface area contributed by atoms with Gasteiger partial charge in [-0.3, -0.25) is 0 Å². The number of pyridine rings is 1. The van der Waals surface area contributed by atoms with Crippen LogP contribution in [-0.2, 0) is 0 Å². The molecule has 2 aromatic rings. The number of hydrogen-bond acceptors (Lipinski definition) is 3. The summed E-state index contributed by atoms with van der Waals surface area (Å²) in [5.74, 6) is 1.37. The Kier molecular flexibility index (Phi) is 3.40. The number of nitrogen functional groups attached to an aromatic ring is 1. The Bertz CT molecular complexity index is 535. The minimum absolute atomic E-state index is 0.526. The van der Waals surface area contributed by atoms with E-state index in [2.05, 4.69) is 4.98 Å². The summed E-state index contributed by atoms with van der Waals surface area (Å²) in [5, 5.41) is 0. The highest BCUT2D eigenvalue weighted by Crippen LogP contribution is 2.15. The Hall–Kier alpha value is -2.29. The van der Waals surface area contributed by atoms with E-state index in [1.54, 1.807) is 13.3 Å². The number of nitrogens with two attached hydrogens (primary N) is 1. The molecular formula is C14H14N2O. The molecule has 0 aliphatic heterocycles. The minimum atomic E-state index is 0.526. The Labute approximate surface area is 101 Å². The molecule has 2 N–H and O–H groups in total. The number of ether oxygens (including phenoxy) is 1. The van der Waals surface area contributed by atoms with Gasteiger partial charge < -0.3 is 10.5 Å². The molecule has 0 amide bonds. The molecule has 17 heavy (non-hydrogen) atoms. The quantitative estimate of drug-likeness (QED) is 0.875. The highest BCUT2D eigenvalue weighted by molar-refractivity contribution is 5.70. The van der Waals surface area contributed by atoms with E-state index in [-0.39, 0.29) is 0 Å². The third-order valence-corrected chi connectivity index (χ3v) is 2.37. The van der Waals surface area contributed by atoms with E-state index in [9.17, 15) is 0 Å². The molecule has 0 radical (unpaired) electrons. The summed E-state index contributed by atoms with van der Waals surface area (Å²) in [6, 6.07) is 11.6. The number of rotatable bonds is 3. The van der Waals surface area contributed by atoms with Crippen molar-refractivity contribution in [2.45, 2.75) is 0 Å². The van der Waals surface area contributed by atoms with Gasteiger partial charge in [-0.25, -0.2) is 4.98 Å². The van der Waals surface area contributed by atoms with Crippen LogP contribution in [0.2, 0.25) is 0 Å². The van der Waals surface area contributed by atoms with Crippen LogP contribution in [0.25, 0.3) is 12.2 Å². The topological polar surface area (TPSA) is 48.1 Å². The molecule has 3 nitrogen and oxygen atoms in total. The first-order valence-corrected chi connectivity index (χ1v) is 5.31. The van der Waals surface area contributed by atoms with Crippen molar-refractivity contribution >= 4 is 18.0 Å². The molecule has 2 rings (SSSR count). The first-order chi connectivity index (χ1) is 8.28. The molecule has 1 aromatic heterocycles. The van der Waals surface area contributed by atoms with Crippen molar-refractivity contribution in [2.75, 3.05) is 12.8 Å². The molecule has 0 saturated carbocycles. The maximum atomic E-state index is 5.61. The largest absolute Gasteiger partial charge is 0.497 e. The highest BCUT2D eigenvalue weighted by Gasteiger charge is 1.92. The monoisotopic (exact) mass is 226 g/mol. The van der Waals surface area contributed by atoms with Gasteiger partial charge in [-0.05, 0) is 35.4 Å². The van der Waals surface area contributed by atoms with Crippen LogP contribution in [0.3, 0.4) is 0 Å². The van der Waals surface area contributed by atoms with Gasteiger partial charge in [0, 0.05) is 6.20 Å². The van der Waals surface area contributed by atoms with Crippen LogP contribution < -0.4 is 10.5 Å². The summed E-state index contributed by atoms with van der Waals surface area (Å²) in [7, 11) is 1.66. The predicted octanol–water partition coefficient (Wildman–Crippen LogP) is 2.84. The second-order valence-corrected chi connectivity index (χ2v) is 3.62. The number of benzene rings is 1. The van der Waals surface area contributed by atoms with E-state index in [0.29, 0.717) is 5.82 Å². The van der Waals surface area contributed by atoms with E-state index in [0.717, 1.165) is 16.9 Å². The lowest BCUT2D eigenvalue weighted by Gasteiger charge is -2.00. The van der Waals surface area contributed by atoms with Gasteiger partial charge in [0.1, 0.15) is 11.6 Å². The fraction of sp³-hybridized carbons (Fsp3) is 0.0714. The Morgan fingerprint density at radius 3 is 2.59 bits per heavy atom. The summed E-state index contributed by atoms with van der Waals surface area (Å²) in [4.78, 5) is 3.95. The SMILES string of the molecule is COc1cccc(/C=C/c2ccnc(N)c2)c1. The third kappa shape index (κ3) is 3.08. The van der Waals surface area contributed by atoms with Crippen molar-refractivity contribution in [3.05, 3.63) is 53.7 Å². The van der Waals surface area contributed by atoms with Crippen LogP contribution in [0.15, 0.2) is 42.6 Å². The van der Waals surface area contributed by atoms with Crippen LogP contribution in [0, 0.1) is 0 Å². The van der Waals surface area contributed by atoms with E-state index < -0.39 is 0 Å². The average Bonchev–Trinajstić information content (AvgIpc) is 2.37. The van der Waals surface area contributed by atoms with Crippen molar-refractivity contribution in [1.29, 1.82) is 0 Å². The molecule has 0 spiro atoms. The molecule has 0 bridgehead atoms. The lowest BCUT2D eigenvalue weighted by atomic mass is 10.1. The lowest BCUT2D eigenvalue weighted by Crippen LogP contribution is -1.88. The summed E-state index contributed by atoms with van der Waals surface area (Å²) in [5.41, 5.74) is 7.72. The molecule has 0 saturated heterocycles. The molecule has 1 aromatic carbocycles. The molecule has 0 unspecified atom stereocenters. The van der Waals surface area contributed by atoms with Crippen LogP contribution in [0.5, 0.6) is 5.75 Å². The molecule has 0 fully saturated rings. The predicted molar refractivity (Wildman–Crippen MR) is 70.6 cm³/mol. The van der Waals surface area contributed by atoms with Gasteiger partial charge in [-0.2, -0.15) is 0 Å². The van der Waals surface area contributed by atoms with Gasteiger partial charge >= 0.3 is 0 Å². The van der Waals surface area contributed by atoms with Crippen molar-refractivity contribution < 1.29 is 4.74 Å². The Balaban J connectivity index is 2.19. The zero-order chi connectivity index (χ0) is 12.1. The smallest absolute Gasteiger partial charge is 0.123 e. The first kappa shape index (κ1) is 11.2. The average molecular weight is 226 g/mol. The van der Waals surface area contributed by atoms with Gasteiger partial charge in [-0.1, -0.05) is 24.3 Å². The van der Waals surface area contributed by atoms with Gasteiger partial charge in [0.2, 0.25) is 0 Å². The van der Waals surface area contributed by atoms with Crippen LogP contribution in [0.4, 0.5) is 5.82 Å². The first-order valence-electron chi connectivity index (χ1n) is 5.31. The fourth-order valence-electron chi connectivity index (χ4n) is 1.51. The summed E-state index contributed by atoms with van der Waals surface area (Å²) < 4.78 is 5.16. The Morgan fingerprint density at radius 1 is 1.12 bits per heavy atom. The zero-order valence-electron chi connectivity index (χ0n) is 9.63. The second-order valence-electron chi connectivity index (χ2n) is 3.62. The molecule has 3 heteroatoms. The maximum absolute atomic E-state index is 5.61. The van der Waals surface area contributed by atoms with Crippen molar-refractivity contribution in [1.82, 2.24) is 4.98 Å². The molecule has 0 aliphatic carbocycles. The number of hydrogen-bond donors (Lipinski definition) is 1. The van der Waals surface area contributed by atoms with Crippen LogP contribution in [-0.4, -0.2) is 12.1 Å². The van der Waals surface area contributed by atoms with E-state index in [1.807, 2.05) is 48.6 Å². The van der Waals surface area contributed by atoms with Gasteiger partial charge in [0.25, 0.3) is 0 Å². The molecule has 1 heterocycles. The summed E-state index contributed by atoms with van der Waals surface area (Å²) >= 11 is 0. The van der Waals surface area contributed by atoms with E-state index in [4.69, 9.17) is 10.5 Å². The van der Waals surface area contributed by atoms with E-state index in [1.165, 1.54) is 0 Å². The maximum Gasteiger partial charge on any atom is 0.123 e. The van der Waals surface area contributed by atoms with Gasteiger partial charge in [-0.15, -0.1) is 0 Å². The molecular weight excluding hydrogens is 212 g/mol. The Morgan fingerprint density at radius 2 is 1.88 bits per heavy atom. The fourth-order valence-corrected chi connectivity index (χ4v) is 1.51. The summed E-state index contributed by atoms with van der Waals surface area (Å²) in [6.07, 6.45) is 5.70. The normalized spacial score (nSPS) is 10.6. The van der Waals surface area contributed by atoms with Gasteiger partial charge in [0.05, 0.1) is 7.11 Å². The minimum Gasteiger partial charge on any atom is -0.497 e. The molecule has 0 aliphatic rings. The lowest BCUT2D eigenvalue weighted by molar-refractivity contribution is 0.414. The van der Waals surface area contributed by atoms with Gasteiger partial charge in [0.15, 0.2) is 0 Å². The zero-order valence-corrected chi connectivity index (χ0v) is 9.63. The van der Waals surface area contributed by atoms with Crippen LogP contribution >= 0.6 is 0 Å². The van der Waals surface area contributed by atoms with E-state index >= 15 is 0 Å². The number of anilines is 1. The van der Waals surface area contributed by atoms with Crippen LogP contribution in [0.1, 0.15) is 11.1 Å². The standard InChI is InChI=1S/C14H14N2O/c1-17-13-4-2-3-11(9-13)5-6-12-7-8-16-14(15)10-12/h2-10H,1H3,(H2,15,16)/b6-5+. The number of aromatic nitrogens is 1. The van der Waals surface area contributed by atoms with Crippen molar-refractivity contribution in [3.63, 3.8) is 0 Å². The second kappa shape index (κ2) is 5.16. The number of methoxy groups -OCH3 is 1. The van der Waals surface area contributed by atoms with Crippen molar-refractivity contribution in [2.24, 2.45) is 0 Å². The molecule has 0 atom stereocenters. The number of nitrogens with zero attached hydrogens (tertiary/aromatic N) is 1. The highest BCUT2D eigenvalue weighted by atomic mass is 16.5.